The van der Waals surface area contributed by atoms with Gasteiger partial charge in [-0.25, -0.2) is 17.2 Å². The molecule has 2 aromatic carbocycles. The normalized spacial score (nSPS) is 15.5. The first-order chi connectivity index (χ1) is 15.0. The fourth-order valence-electron chi connectivity index (χ4n) is 2.96. The van der Waals surface area contributed by atoms with Crippen LogP contribution in [-0.4, -0.2) is 62.7 Å². The van der Waals surface area contributed by atoms with Crippen molar-refractivity contribution in [3.05, 3.63) is 54.1 Å². The highest BCUT2D eigenvalue weighted by atomic mass is 32.2. The summed E-state index contributed by atoms with van der Waals surface area (Å²) < 4.78 is 98.4. The third-order valence-electron chi connectivity index (χ3n) is 4.53. The smallest absolute Gasteiger partial charge is 0.481 e. The monoisotopic (exact) mass is 480 g/mol. The predicted molar refractivity (Wildman–Crippen MR) is 100 cm³/mol. The maximum Gasteiger partial charge on any atom is 0.573 e. The van der Waals surface area contributed by atoms with E-state index in [2.05, 4.69) is 4.74 Å². The summed E-state index contributed by atoms with van der Waals surface area (Å²) >= 11 is 0. The third-order valence-corrected chi connectivity index (χ3v) is 6.44. The fourth-order valence-corrected chi connectivity index (χ4v) is 4.39. The summed E-state index contributed by atoms with van der Waals surface area (Å²) in [5.41, 5.74) is 0. The van der Waals surface area contributed by atoms with Gasteiger partial charge in [-0.1, -0.05) is 0 Å². The van der Waals surface area contributed by atoms with Crippen LogP contribution in [0.3, 0.4) is 0 Å². The van der Waals surface area contributed by atoms with Gasteiger partial charge in [0.25, 0.3) is 5.91 Å². The highest BCUT2D eigenvalue weighted by molar-refractivity contribution is 7.89. The lowest BCUT2D eigenvalue weighted by Gasteiger charge is -2.34. The summed E-state index contributed by atoms with van der Waals surface area (Å²) in [6, 6.07) is 6.43. The Labute approximate surface area is 180 Å². The van der Waals surface area contributed by atoms with Gasteiger partial charge in [-0.15, -0.1) is 13.2 Å². The number of piperazine rings is 1. The number of alkyl halides is 3. The molecule has 3 rings (SSSR count). The third kappa shape index (κ3) is 5.85. The number of ether oxygens (including phenoxy) is 2. The minimum Gasteiger partial charge on any atom is -0.481 e. The number of benzene rings is 2. The van der Waals surface area contributed by atoms with Gasteiger partial charge in [0.15, 0.2) is 18.2 Å². The Hall–Kier alpha value is -2.93. The number of amides is 1. The molecule has 0 unspecified atom stereocenters. The minimum absolute atomic E-state index is 0.0303. The molecule has 1 aliphatic heterocycles. The first-order valence-electron chi connectivity index (χ1n) is 9.17. The van der Waals surface area contributed by atoms with E-state index in [9.17, 15) is 35.2 Å². The van der Waals surface area contributed by atoms with Crippen LogP contribution in [0.2, 0.25) is 0 Å². The molecule has 1 saturated heterocycles. The van der Waals surface area contributed by atoms with Crippen LogP contribution in [0.25, 0.3) is 0 Å². The van der Waals surface area contributed by atoms with Crippen LogP contribution in [0.5, 0.6) is 11.5 Å². The van der Waals surface area contributed by atoms with Crippen molar-refractivity contribution in [2.45, 2.75) is 11.3 Å². The lowest BCUT2D eigenvalue weighted by molar-refractivity contribution is -0.274. The Morgan fingerprint density at radius 3 is 2.16 bits per heavy atom. The van der Waals surface area contributed by atoms with Crippen LogP contribution >= 0.6 is 0 Å². The van der Waals surface area contributed by atoms with E-state index in [0.29, 0.717) is 6.07 Å². The summed E-state index contributed by atoms with van der Waals surface area (Å²) in [5.74, 6) is -3.11. The molecule has 7 nitrogen and oxygen atoms in total. The van der Waals surface area contributed by atoms with Gasteiger partial charge in [-0.3, -0.25) is 4.79 Å². The molecule has 2 aromatic rings. The minimum atomic E-state index is -4.89. The molecule has 1 fully saturated rings. The van der Waals surface area contributed by atoms with E-state index in [0.717, 1.165) is 40.7 Å². The molecule has 0 bridgehead atoms. The SMILES string of the molecule is O=C(COc1ccc(F)cc1F)N1CCN(S(=O)(=O)c2ccc(OC(F)(F)F)cc2)CC1. The number of hydrogen-bond acceptors (Lipinski definition) is 5. The van der Waals surface area contributed by atoms with E-state index < -0.39 is 46.3 Å². The number of carbonyl (C=O) groups is 1. The van der Waals surface area contributed by atoms with Crippen molar-refractivity contribution in [3.63, 3.8) is 0 Å². The van der Waals surface area contributed by atoms with Gasteiger partial charge in [-0.2, -0.15) is 4.31 Å². The molecule has 0 aromatic heterocycles. The molecule has 32 heavy (non-hydrogen) atoms. The van der Waals surface area contributed by atoms with Gasteiger partial charge >= 0.3 is 6.36 Å². The lowest BCUT2D eigenvalue weighted by Crippen LogP contribution is -2.51. The van der Waals surface area contributed by atoms with Crippen LogP contribution in [0, 0.1) is 11.6 Å². The maximum atomic E-state index is 13.6. The van der Waals surface area contributed by atoms with E-state index in [4.69, 9.17) is 4.74 Å². The Bertz CT molecular complexity index is 1070. The molecule has 13 heteroatoms. The Balaban J connectivity index is 1.55. The van der Waals surface area contributed by atoms with Crippen molar-refractivity contribution >= 4 is 15.9 Å². The maximum absolute atomic E-state index is 13.6. The summed E-state index contributed by atoms with van der Waals surface area (Å²) in [7, 11) is -3.99. The molecule has 0 radical (unpaired) electrons. The van der Waals surface area contributed by atoms with Gasteiger partial charge in [-0.05, 0) is 36.4 Å². The van der Waals surface area contributed by atoms with E-state index in [1.54, 1.807) is 0 Å². The molecule has 0 spiro atoms. The van der Waals surface area contributed by atoms with Crippen LogP contribution in [0.1, 0.15) is 0 Å². The molecule has 0 atom stereocenters. The quantitative estimate of drug-likeness (QED) is 0.595. The highest BCUT2D eigenvalue weighted by Crippen LogP contribution is 2.25. The van der Waals surface area contributed by atoms with Crippen molar-refractivity contribution in [2.75, 3.05) is 32.8 Å². The van der Waals surface area contributed by atoms with E-state index in [1.807, 2.05) is 0 Å². The zero-order chi connectivity index (χ0) is 23.5. The number of halogens is 5. The first kappa shape index (κ1) is 23.7. The fraction of sp³-hybridized carbons (Fsp3) is 0.316. The number of nitrogens with zero attached hydrogens (tertiary/aromatic N) is 2. The van der Waals surface area contributed by atoms with Crippen molar-refractivity contribution in [1.82, 2.24) is 9.21 Å². The first-order valence-corrected chi connectivity index (χ1v) is 10.6. The van der Waals surface area contributed by atoms with Crippen molar-refractivity contribution in [1.29, 1.82) is 0 Å². The second-order valence-electron chi connectivity index (χ2n) is 6.67. The van der Waals surface area contributed by atoms with Gasteiger partial charge in [0.05, 0.1) is 4.90 Å². The second kappa shape index (κ2) is 9.28. The highest BCUT2D eigenvalue weighted by Gasteiger charge is 2.32. The summed E-state index contributed by atoms with van der Waals surface area (Å²) in [6.07, 6.45) is -4.89. The summed E-state index contributed by atoms with van der Waals surface area (Å²) in [6.45, 7) is -0.569. The molecular formula is C19H17F5N2O5S. The van der Waals surface area contributed by atoms with E-state index in [-0.39, 0.29) is 36.8 Å². The molecule has 0 saturated carbocycles. The van der Waals surface area contributed by atoms with E-state index in [1.165, 1.54) is 4.90 Å². The Morgan fingerprint density at radius 2 is 1.59 bits per heavy atom. The van der Waals surface area contributed by atoms with Gasteiger partial charge < -0.3 is 14.4 Å². The van der Waals surface area contributed by atoms with E-state index >= 15 is 0 Å². The number of sulfonamides is 1. The average Bonchev–Trinajstić information content (AvgIpc) is 2.72. The van der Waals surface area contributed by atoms with Crippen LogP contribution in [-0.2, 0) is 14.8 Å². The number of carbonyl (C=O) groups excluding carboxylic acids is 1. The second-order valence-corrected chi connectivity index (χ2v) is 8.61. The van der Waals surface area contributed by atoms with Gasteiger partial charge in [0, 0.05) is 32.2 Å². The zero-order valence-corrected chi connectivity index (χ0v) is 17.1. The standard InChI is InChI=1S/C19H17F5N2O5S/c20-13-1-6-17(16(21)11-13)30-12-18(27)25-7-9-26(10-8-25)32(28,29)15-4-2-14(3-5-15)31-19(22,23)24/h1-6,11H,7-10,12H2. The average molecular weight is 480 g/mol. The van der Waals surface area contributed by atoms with Crippen LogP contribution in [0.15, 0.2) is 47.4 Å². The summed E-state index contributed by atoms with van der Waals surface area (Å²) in [4.78, 5) is 13.4. The molecular weight excluding hydrogens is 463 g/mol. The van der Waals surface area contributed by atoms with Crippen molar-refractivity contribution < 1.29 is 44.6 Å². The van der Waals surface area contributed by atoms with Crippen molar-refractivity contribution in [2.24, 2.45) is 0 Å². The van der Waals surface area contributed by atoms with Gasteiger partial charge in [0.1, 0.15) is 11.6 Å². The van der Waals surface area contributed by atoms with Crippen molar-refractivity contribution in [3.8, 4) is 11.5 Å². The molecule has 1 aliphatic rings. The molecule has 0 aliphatic carbocycles. The molecule has 1 amide bonds. The van der Waals surface area contributed by atoms with Gasteiger partial charge in [0.2, 0.25) is 10.0 Å². The molecule has 1 heterocycles. The zero-order valence-electron chi connectivity index (χ0n) is 16.3. The Kier molecular flexibility index (Phi) is 6.88. The number of hydrogen-bond donors (Lipinski definition) is 0. The molecule has 174 valence electrons. The number of rotatable bonds is 6. The Morgan fingerprint density at radius 1 is 0.969 bits per heavy atom. The lowest BCUT2D eigenvalue weighted by atomic mass is 10.3. The van der Waals surface area contributed by atoms with Crippen LogP contribution < -0.4 is 9.47 Å². The molecule has 0 N–H and O–H groups in total. The largest absolute Gasteiger partial charge is 0.573 e. The summed E-state index contributed by atoms with van der Waals surface area (Å²) in [5, 5.41) is 0. The van der Waals surface area contributed by atoms with Crippen LogP contribution in [0.4, 0.5) is 22.0 Å². The predicted octanol–water partition coefficient (Wildman–Crippen LogP) is 2.78. The topological polar surface area (TPSA) is 76.2 Å².